The van der Waals surface area contributed by atoms with Crippen LogP contribution in [0.1, 0.15) is 20.8 Å². The highest BCUT2D eigenvalue weighted by molar-refractivity contribution is 7.29. The molecule has 3 nitrogen and oxygen atoms in total. The predicted molar refractivity (Wildman–Crippen MR) is 47.4 cm³/mol. The smallest absolute Gasteiger partial charge is 0.291 e. The SMILES string of the molecule is CC(C)(C)N1[B][B][B]NC1=O. The first kappa shape index (κ1) is 8.56. The molecule has 1 N–H and O–H groups in total. The summed E-state index contributed by atoms with van der Waals surface area (Å²) in [6.45, 7) is 5.96. The fraction of sp³-hybridized carbons (Fsp3) is 0.800. The highest BCUT2D eigenvalue weighted by Crippen LogP contribution is 2.11. The second-order valence-corrected chi connectivity index (χ2v) is 3.50. The van der Waals surface area contributed by atoms with Crippen molar-refractivity contribution in [1.29, 1.82) is 0 Å². The summed E-state index contributed by atoms with van der Waals surface area (Å²) >= 11 is 0. The molecule has 0 aromatic heterocycles. The van der Waals surface area contributed by atoms with E-state index in [9.17, 15) is 4.79 Å². The van der Waals surface area contributed by atoms with Gasteiger partial charge in [-0.15, -0.1) is 0 Å². The molecule has 0 atom stereocenters. The van der Waals surface area contributed by atoms with E-state index in [2.05, 4.69) is 5.23 Å². The molecule has 0 unspecified atom stereocenters. The van der Waals surface area contributed by atoms with E-state index in [1.54, 1.807) is 19.4 Å². The summed E-state index contributed by atoms with van der Waals surface area (Å²) in [4.78, 5) is 12.8. The molecule has 0 saturated carbocycles. The van der Waals surface area contributed by atoms with E-state index in [1.165, 1.54) is 0 Å². The van der Waals surface area contributed by atoms with Crippen molar-refractivity contribution in [3.8, 4) is 0 Å². The number of nitrogens with one attached hydrogen (secondary N) is 1. The quantitative estimate of drug-likeness (QED) is 0.463. The first-order valence-electron chi connectivity index (χ1n) is 3.61. The highest BCUT2D eigenvalue weighted by atomic mass is 16.2. The van der Waals surface area contributed by atoms with Gasteiger partial charge in [0.15, 0.2) is 14.6 Å². The third-order valence-electron chi connectivity index (χ3n) is 1.48. The normalized spacial score (nSPS) is 17.7. The van der Waals surface area contributed by atoms with Crippen LogP contribution >= 0.6 is 0 Å². The van der Waals surface area contributed by atoms with E-state index in [0.29, 0.717) is 0 Å². The average molecular weight is 147 g/mol. The van der Waals surface area contributed by atoms with E-state index in [-0.39, 0.29) is 11.6 Å². The lowest BCUT2D eigenvalue weighted by Gasteiger charge is -2.38. The Hall–Kier alpha value is -0.535. The van der Waals surface area contributed by atoms with Crippen LogP contribution in [0.15, 0.2) is 0 Å². The molecule has 0 spiro atoms. The number of carbonyl (C=O) groups excluding carboxylic acids is 1. The molecule has 3 radical (unpaired) electrons. The fourth-order valence-electron chi connectivity index (χ4n) is 0.914. The van der Waals surface area contributed by atoms with Gasteiger partial charge >= 0.3 is 0 Å². The van der Waals surface area contributed by atoms with Gasteiger partial charge in [-0.2, -0.15) is 0 Å². The van der Waals surface area contributed by atoms with Crippen molar-refractivity contribution >= 4 is 27.7 Å². The summed E-state index contributed by atoms with van der Waals surface area (Å²) in [6.07, 6.45) is 0. The zero-order chi connectivity index (χ0) is 8.48. The van der Waals surface area contributed by atoms with Crippen molar-refractivity contribution in [1.82, 2.24) is 10.0 Å². The number of amides is 2. The Morgan fingerprint density at radius 2 is 2.09 bits per heavy atom. The van der Waals surface area contributed by atoms with Crippen LogP contribution in [0.4, 0.5) is 4.79 Å². The van der Waals surface area contributed by atoms with Crippen LogP contribution in [0.25, 0.3) is 0 Å². The Morgan fingerprint density at radius 3 is 2.45 bits per heavy atom. The van der Waals surface area contributed by atoms with Crippen LogP contribution in [0, 0.1) is 0 Å². The predicted octanol–water partition coefficient (Wildman–Crippen LogP) is -0.417. The molecule has 0 aromatic carbocycles. The number of hydrogen-bond donors (Lipinski definition) is 1. The number of urea groups is 1. The van der Waals surface area contributed by atoms with Gasteiger partial charge in [-0.3, -0.25) is 4.79 Å². The molecule has 6 heteroatoms. The van der Waals surface area contributed by atoms with Crippen molar-refractivity contribution in [3.63, 3.8) is 0 Å². The summed E-state index contributed by atoms with van der Waals surface area (Å²) in [7, 11) is 5.22. The van der Waals surface area contributed by atoms with Gasteiger partial charge in [-0.1, -0.05) is 0 Å². The lowest BCUT2D eigenvalue weighted by Crippen LogP contribution is -2.60. The first-order chi connectivity index (χ1) is 5.02. The Kier molecular flexibility index (Phi) is 2.21. The summed E-state index contributed by atoms with van der Waals surface area (Å²) in [6, 6.07) is -0.0694. The third kappa shape index (κ3) is 1.95. The Morgan fingerprint density at radius 1 is 1.45 bits per heavy atom. The molecular weight excluding hydrogens is 137 g/mol. The van der Waals surface area contributed by atoms with Crippen molar-refractivity contribution < 1.29 is 4.79 Å². The minimum atomic E-state index is -0.144. The molecule has 0 bridgehead atoms. The minimum Gasteiger partial charge on any atom is -0.396 e. The van der Waals surface area contributed by atoms with Crippen molar-refractivity contribution in [3.05, 3.63) is 0 Å². The lowest BCUT2D eigenvalue weighted by atomic mass is 9.26. The van der Waals surface area contributed by atoms with E-state index < -0.39 is 0 Å². The monoisotopic (exact) mass is 147 g/mol. The Labute approximate surface area is 69.6 Å². The lowest BCUT2D eigenvalue weighted by molar-refractivity contribution is 0.202. The summed E-state index contributed by atoms with van der Waals surface area (Å²) in [5.74, 6) is 0. The molecule has 1 rings (SSSR count). The van der Waals surface area contributed by atoms with Crippen LogP contribution in [-0.2, 0) is 0 Å². The van der Waals surface area contributed by atoms with Gasteiger partial charge in [0.25, 0.3) is 6.03 Å². The summed E-state index contributed by atoms with van der Waals surface area (Å²) in [5, 5.41) is 2.61. The van der Waals surface area contributed by atoms with Crippen molar-refractivity contribution in [2.24, 2.45) is 0 Å². The maximum atomic E-state index is 11.2. The molecule has 11 heavy (non-hydrogen) atoms. The molecule has 55 valence electrons. The molecule has 0 aliphatic carbocycles. The van der Waals surface area contributed by atoms with Crippen LogP contribution < -0.4 is 5.23 Å². The fourth-order valence-corrected chi connectivity index (χ4v) is 0.914. The van der Waals surface area contributed by atoms with E-state index in [0.717, 1.165) is 0 Å². The average Bonchev–Trinajstić information content (AvgIpc) is 1.86. The topological polar surface area (TPSA) is 32.3 Å². The van der Waals surface area contributed by atoms with Crippen molar-refractivity contribution in [2.45, 2.75) is 26.3 Å². The second kappa shape index (κ2) is 2.84. The van der Waals surface area contributed by atoms with Crippen LogP contribution in [0.3, 0.4) is 0 Å². The number of hydrogen-bond acceptors (Lipinski definition) is 1. The van der Waals surface area contributed by atoms with E-state index in [4.69, 9.17) is 0 Å². The maximum absolute atomic E-state index is 11.2. The van der Waals surface area contributed by atoms with Gasteiger partial charge in [0.05, 0.1) is 7.06 Å². The van der Waals surface area contributed by atoms with Gasteiger partial charge in [0.2, 0.25) is 0 Å². The maximum Gasteiger partial charge on any atom is 0.291 e. The van der Waals surface area contributed by atoms with Gasteiger partial charge in [0, 0.05) is 5.54 Å². The molecule has 1 saturated heterocycles. The standard InChI is InChI=1S/C5H10B3N2O/c1-5(2,3)10-4(11)9-7-6-8-10/h1-3H3,(H,9,11). The van der Waals surface area contributed by atoms with E-state index in [1.807, 2.05) is 27.8 Å². The summed E-state index contributed by atoms with van der Waals surface area (Å²) < 4.78 is 0. The zero-order valence-electron chi connectivity index (χ0n) is 7.09. The minimum absolute atomic E-state index is 0.0694. The molecule has 1 fully saturated rings. The van der Waals surface area contributed by atoms with Crippen LogP contribution in [-0.4, -0.2) is 38.1 Å². The molecule has 0 aromatic rings. The summed E-state index contributed by atoms with van der Waals surface area (Å²) in [5.41, 5.74) is -0.144. The Balaban J connectivity index is 2.62. The van der Waals surface area contributed by atoms with Crippen molar-refractivity contribution in [2.75, 3.05) is 0 Å². The Bertz CT molecular complexity index is 168. The van der Waals surface area contributed by atoms with Crippen LogP contribution in [0.5, 0.6) is 0 Å². The first-order valence-corrected chi connectivity index (χ1v) is 3.61. The van der Waals surface area contributed by atoms with E-state index >= 15 is 0 Å². The number of rotatable bonds is 0. The van der Waals surface area contributed by atoms with Crippen LogP contribution in [0.2, 0.25) is 0 Å². The number of nitrogens with zero attached hydrogens (tertiary/aromatic N) is 1. The zero-order valence-corrected chi connectivity index (χ0v) is 7.09. The third-order valence-corrected chi connectivity index (χ3v) is 1.48. The second-order valence-electron chi connectivity index (χ2n) is 3.50. The molecule has 2 amide bonds. The largest absolute Gasteiger partial charge is 0.396 e. The molecule has 1 aliphatic heterocycles. The van der Waals surface area contributed by atoms with Gasteiger partial charge < -0.3 is 10.0 Å². The van der Waals surface area contributed by atoms with Gasteiger partial charge in [-0.25, -0.2) is 0 Å². The van der Waals surface area contributed by atoms with Gasteiger partial charge in [0.1, 0.15) is 0 Å². The highest BCUT2D eigenvalue weighted by Gasteiger charge is 2.28. The number of carbonyl (C=O) groups is 1. The molecular formula is C5H10B3N2O. The molecule has 1 heterocycles. The molecule has 1 aliphatic rings. The van der Waals surface area contributed by atoms with Gasteiger partial charge in [-0.05, 0) is 20.8 Å².